The van der Waals surface area contributed by atoms with E-state index in [-0.39, 0.29) is 24.4 Å². The summed E-state index contributed by atoms with van der Waals surface area (Å²) in [5, 5.41) is 6.47. The lowest BCUT2D eigenvalue weighted by molar-refractivity contribution is 0.00578. The van der Waals surface area contributed by atoms with E-state index in [2.05, 4.69) is 26.6 Å². The van der Waals surface area contributed by atoms with Crippen molar-refractivity contribution in [1.82, 2.24) is 5.32 Å². The SMILES string of the molecule is CC1(C)OB(c2ccc(NC(=O)NCCCBr)cc2)OC1(C)C. The van der Waals surface area contributed by atoms with Crippen LogP contribution in [0.15, 0.2) is 24.3 Å². The fourth-order valence-corrected chi connectivity index (χ4v) is 2.43. The zero-order valence-electron chi connectivity index (χ0n) is 14.1. The maximum atomic E-state index is 11.7. The summed E-state index contributed by atoms with van der Waals surface area (Å²) < 4.78 is 12.0. The van der Waals surface area contributed by atoms with Crippen molar-refractivity contribution in [3.63, 3.8) is 0 Å². The van der Waals surface area contributed by atoms with Crippen molar-refractivity contribution in [2.75, 3.05) is 17.2 Å². The number of nitrogens with one attached hydrogen (secondary N) is 2. The first kappa shape index (κ1) is 18.3. The average molecular weight is 383 g/mol. The van der Waals surface area contributed by atoms with Gasteiger partial charge in [-0.2, -0.15) is 0 Å². The third kappa shape index (κ3) is 4.49. The van der Waals surface area contributed by atoms with Gasteiger partial charge in [-0.05, 0) is 51.7 Å². The molecule has 0 bridgehead atoms. The molecule has 1 aliphatic rings. The minimum absolute atomic E-state index is 0.200. The first-order chi connectivity index (χ1) is 10.7. The van der Waals surface area contributed by atoms with Crippen molar-refractivity contribution in [3.8, 4) is 0 Å². The smallest absolute Gasteiger partial charge is 0.399 e. The average Bonchev–Trinajstić information content (AvgIpc) is 2.68. The van der Waals surface area contributed by atoms with Crippen LogP contribution in [-0.2, 0) is 9.31 Å². The van der Waals surface area contributed by atoms with Gasteiger partial charge in [-0.1, -0.05) is 28.1 Å². The molecule has 1 heterocycles. The Bertz CT molecular complexity index is 533. The molecule has 7 heteroatoms. The number of hydrogen-bond donors (Lipinski definition) is 2. The summed E-state index contributed by atoms with van der Waals surface area (Å²) in [7, 11) is -0.387. The molecule has 0 radical (unpaired) electrons. The first-order valence-electron chi connectivity index (χ1n) is 7.81. The summed E-state index contributed by atoms with van der Waals surface area (Å²) in [5.74, 6) is 0. The van der Waals surface area contributed by atoms with Gasteiger partial charge in [0.05, 0.1) is 11.2 Å². The quantitative estimate of drug-likeness (QED) is 0.467. The van der Waals surface area contributed by atoms with Crippen LogP contribution in [0.4, 0.5) is 10.5 Å². The van der Waals surface area contributed by atoms with Gasteiger partial charge in [0.25, 0.3) is 0 Å². The number of amides is 2. The fraction of sp³-hybridized carbons (Fsp3) is 0.562. The number of rotatable bonds is 5. The van der Waals surface area contributed by atoms with Crippen LogP contribution in [0.5, 0.6) is 0 Å². The first-order valence-corrected chi connectivity index (χ1v) is 8.94. The lowest BCUT2D eigenvalue weighted by Crippen LogP contribution is -2.41. The molecular formula is C16H24BBrN2O3. The normalized spacial score (nSPS) is 18.7. The summed E-state index contributed by atoms with van der Waals surface area (Å²) in [6.07, 6.45) is 0.897. The van der Waals surface area contributed by atoms with E-state index in [0.717, 1.165) is 22.9 Å². The highest BCUT2D eigenvalue weighted by molar-refractivity contribution is 9.09. The van der Waals surface area contributed by atoms with Gasteiger partial charge in [0.2, 0.25) is 0 Å². The number of hydrogen-bond acceptors (Lipinski definition) is 3. The number of benzene rings is 1. The molecule has 0 spiro atoms. The number of alkyl halides is 1. The summed E-state index contributed by atoms with van der Waals surface area (Å²) in [4.78, 5) is 11.7. The molecule has 0 saturated carbocycles. The standard InChI is InChI=1S/C16H24BBrN2O3/c1-15(2)16(3,4)23-17(22-15)12-6-8-13(9-7-12)20-14(21)19-11-5-10-18/h6-9H,5,10-11H2,1-4H3,(H2,19,20,21). The van der Waals surface area contributed by atoms with E-state index in [9.17, 15) is 4.79 Å². The maximum absolute atomic E-state index is 11.7. The highest BCUT2D eigenvalue weighted by atomic mass is 79.9. The number of anilines is 1. The number of halogens is 1. The molecule has 2 amide bonds. The molecule has 0 unspecified atom stereocenters. The van der Waals surface area contributed by atoms with Gasteiger partial charge in [0.15, 0.2) is 0 Å². The Kier molecular flexibility index (Phi) is 5.76. The molecular weight excluding hydrogens is 359 g/mol. The summed E-state index contributed by atoms with van der Waals surface area (Å²) in [6.45, 7) is 8.75. The van der Waals surface area contributed by atoms with E-state index >= 15 is 0 Å². The lowest BCUT2D eigenvalue weighted by Gasteiger charge is -2.32. The van der Waals surface area contributed by atoms with Crippen molar-refractivity contribution < 1.29 is 14.1 Å². The monoisotopic (exact) mass is 382 g/mol. The van der Waals surface area contributed by atoms with Gasteiger partial charge in [-0.3, -0.25) is 0 Å². The molecule has 2 rings (SSSR count). The van der Waals surface area contributed by atoms with Crippen molar-refractivity contribution >= 4 is 40.2 Å². The molecule has 2 N–H and O–H groups in total. The second-order valence-electron chi connectivity index (χ2n) is 6.63. The van der Waals surface area contributed by atoms with Crippen LogP contribution in [0.1, 0.15) is 34.1 Å². The predicted octanol–water partition coefficient (Wildman–Crippen LogP) is 2.89. The molecule has 126 valence electrons. The zero-order valence-corrected chi connectivity index (χ0v) is 15.7. The van der Waals surface area contributed by atoms with E-state index in [1.165, 1.54) is 0 Å². The molecule has 5 nitrogen and oxygen atoms in total. The van der Waals surface area contributed by atoms with Crippen LogP contribution in [0, 0.1) is 0 Å². The zero-order chi connectivity index (χ0) is 17.1. The van der Waals surface area contributed by atoms with Crippen LogP contribution in [0.2, 0.25) is 0 Å². The van der Waals surface area contributed by atoms with E-state index in [1.807, 2.05) is 52.0 Å². The molecule has 0 aromatic heterocycles. The number of carbonyl (C=O) groups is 1. The van der Waals surface area contributed by atoms with Crippen LogP contribution in [-0.4, -0.2) is 36.2 Å². The van der Waals surface area contributed by atoms with Crippen LogP contribution in [0.25, 0.3) is 0 Å². The summed E-state index contributed by atoms with van der Waals surface area (Å²) in [5.41, 5.74) is 0.962. The van der Waals surface area contributed by atoms with E-state index in [4.69, 9.17) is 9.31 Å². The minimum atomic E-state index is -0.387. The van der Waals surface area contributed by atoms with Crippen LogP contribution >= 0.6 is 15.9 Å². The van der Waals surface area contributed by atoms with Gasteiger partial charge < -0.3 is 19.9 Å². The van der Waals surface area contributed by atoms with Crippen LogP contribution < -0.4 is 16.1 Å². The summed E-state index contributed by atoms with van der Waals surface area (Å²) >= 11 is 3.33. The third-order valence-corrected chi connectivity index (χ3v) is 4.85. The molecule has 23 heavy (non-hydrogen) atoms. The van der Waals surface area contributed by atoms with Gasteiger partial charge in [0.1, 0.15) is 0 Å². The van der Waals surface area contributed by atoms with Gasteiger partial charge in [-0.15, -0.1) is 0 Å². The largest absolute Gasteiger partial charge is 0.494 e. The Morgan fingerprint density at radius 1 is 1.13 bits per heavy atom. The molecule has 1 saturated heterocycles. The van der Waals surface area contributed by atoms with Crippen LogP contribution in [0.3, 0.4) is 0 Å². The van der Waals surface area contributed by atoms with Crippen molar-refractivity contribution in [2.24, 2.45) is 0 Å². The molecule has 1 fully saturated rings. The van der Waals surface area contributed by atoms with Gasteiger partial charge in [0, 0.05) is 17.6 Å². The molecule has 1 aliphatic heterocycles. The number of carbonyl (C=O) groups excluding carboxylic acids is 1. The highest BCUT2D eigenvalue weighted by Gasteiger charge is 2.51. The Morgan fingerprint density at radius 3 is 2.22 bits per heavy atom. The third-order valence-electron chi connectivity index (χ3n) is 4.29. The lowest BCUT2D eigenvalue weighted by atomic mass is 9.79. The minimum Gasteiger partial charge on any atom is -0.399 e. The Hall–Kier alpha value is -1.05. The van der Waals surface area contributed by atoms with Gasteiger partial charge >= 0.3 is 13.1 Å². The van der Waals surface area contributed by atoms with Crippen molar-refractivity contribution in [3.05, 3.63) is 24.3 Å². The topological polar surface area (TPSA) is 59.6 Å². The fourth-order valence-electron chi connectivity index (χ4n) is 2.15. The molecule has 0 aliphatic carbocycles. The molecule has 0 atom stereocenters. The molecule has 1 aromatic rings. The Balaban J connectivity index is 1.94. The van der Waals surface area contributed by atoms with E-state index in [0.29, 0.717) is 6.54 Å². The second kappa shape index (κ2) is 7.24. The van der Waals surface area contributed by atoms with E-state index < -0.39 is 0 Å². The Labute approximate surface area is 146 Å². The predicted molar refractivity (Wildman–Crippen MR) is 97.6 cm³/mol. The second-order valence-corrected chi connectivity index (χ2v) is 7.43. The molecule has 1 aromatic carbocycles. The van der Waals surface area contributed by atoms with E-state index in [1.54, 1.807) is 0 Å². The Morgan fingerprint density at radius 2 is 1.70 bits per heavy atom. The number of urea groups is 1. The van der Waals surface area contributed by atoms with Crippen molar-refractivity contribution in [1.29, 1.82) is 0 Å². The summed E-state index contributed by atoms with van der Waals surface area (Å²) in [6, 6.07) is 7.33. The highest BCUT2D eigenvalue weighted by Crippen LogP contribution is 2.36. The maximum Gasteiger partial charge on any atom is 0.494 e. The van der Waals surface area contributed by atoms with Gasteiger partial charge in [-0.25, -0.2) is 4.79 Å². The van der Waals surface area contributed by atoms with Crippen molar-refractivity contribution in [2.45, 2.75) is 45.3 Å².